The predicted molar refractivity (Wildman–Crippen MR) is 271 cm³/mol. The first-order valence-corrected chi connectivity index (χ1v) is 28.2. The zero-order valence-electron chi connectivity index (χ0n) is 35.6. The highest BCUT2D eigenvalue weighted by atomic mass is 28.3. The number of hydrogen-bond acceptors (Lipinski definition) is 4. The van der Waals surface area contributed by atoms with Crippen LogP contribution >= 0.6 is 0 Å². The van der Waals surface area contributed by atoms with E-state index in [0.717, 1.165) is 99.2 Å². The van der Waals surface area contributed by atoms with Crippen molar-refractivity contribution in [2.45, 2.75) is 26.2 Å². The number of fused-ring (bicyclic) bond motifs is 20. The Morgan fingerprint density at radius 2 is 0.641 bits per heavy atom. The topological polar surface area (TPSA) is 52.6 Å². The molecular weight excluding hydrogens is 817 g/mol. The van der Waals surface area contributed by atoms with Crippen molar-refractivity contribution in [3.05, 3.63) is 158 Å². The summed E-state index contributed by atoms with van der Waals surface area (Å²) in [6, 6.07) is 57.3. The number of furan rings is 4. The van der Waals surface area contributed by atoms with Crippen LogP contribution in [0.3, 0.4) is 0 Å². The standard InChI is InChI=1S/C58H38O4Si2/c1-63(2)49-29-42-50(30-41(49)53-51(63)27-39(57-55(53)37-15-7-11-19-45(37)61-57)31-21-23-35-33-13-5-9-17-43(33)59-47(35)25-31)64(3,4)52-28-40(58-56(54(42)52)38-16-8-12-20-46(38)62-58)32-22-24-36-34-14-6-10-18-44(34)60-48(36)26-32/h5-30H,1-4H3. The van der Waals surface area contributed by atoms with Crippen LogP contribution in [0.5, 0.6) is 0 Å². The van der Waals surface area contributed by atoms with Crippen LogP contribution in [0.4, 0.5) is 0 Å². The van der Waals surface area contributed by atoms with E-state index in [0.29, 0.717) is 0 Å². The summed E-state index contributed by atoms with van der Waals surface area (Å²) in [6.45, 7) is 10.2. The number of rotatable bonds is 2. The molecule has 2 aliphatic heterocycles. The monoisotopic (exact) mass is 854 g/mol. The molecule has 6 heteroatoms. The van der Waals surface area contributed by atoms with Gasteiger partial charge in [-0.15, -0.1) is 0 Å². The van der Waals surface area contributed by atoms with Crippen molar-refractivity contribution in [1.29, 1.82) is 0 Å². The third-order valence-electron chi connectivity index (χ3n) is 15.1. The molecule has 2 aliphatic rings. The molecule has 64 heavy (non-hydrogen) atoms. The van der Waals surface area contributed by atoms with Crippen LogP contribution in [0.2, 0.25) is 26.2 Å². The molecule has 0 atom stereocenters. The lowest BCUT2D eigenvalue weighted by atomic mass is 9.91. The van der Waals surface area contributed by atoms with Crippen LogP contribution in [0.1, 0.15) is 0 Å². The maximum atomic E-state index is 6.96. The summed E-state index contributed by atoms with van der Waals surface area (Å²) < 4.78 is 26.8. The lowest BCUT2D eigenvalue weighted by Crippen LogP contribution is -2.51. The van der Waals surface area contributed by atoms with Gasteiger partial charge in [-0.2, -0.15) is 0 Å². The first-order valence-electron chi connectivity index (χ1n) is 22.2. The second-order valence-electron chi connectivity index (χ2n) is 19.1. The molecule has 0 saturated carbocycles. The zero-order chi connectivity index (χ0) is 42.4. The van der Waals surface area contributed by atoms with E-state index in [-0.39, 0.29) is 0 Å². The van der Waals surface area contributed by atoms with Crippen molar-refractivity contribution in [3.8, 4) is 44.5 Å². The summed E-state index contributed by atoms with van der Waals surface area (Å²) in [5.41, 5.74) is 17.2. The van der Waals surface area contributed by atoms with Gasteiger partial charge in [-0.1, -0.05) is 135 Å². The average molecular weight is 855 g/mol. The molecule has 0 amide bonds. The van der Waals surface area contributed by atoms with Gasteiger partial charge < -0.3 is 17.7 Å². The van der Waals surface area contributed by atoms with E-state index in [1.54, 1.807) is 0 Å². The second kappa shape index (κ2) is 11.8. The van der Waals surface area contributed by atoms with Crippen LogP contribution in [0, 0.1) is 0 Å². The van der Waals surface area contributed by atoms with Crippen molar-refractivity contribution in [3.63, 3.8) is 0 Å². The fraction of sp³-hybridized carbons (Fsp3) is 0.0690. The van der Waals surface area contributed by atoms with Gasteiger partial charge in [0, 0.05) is 54.2 Å². The molecule has 302 valence electrons. The van der Waals surface area contributed by atoms with Gasteiger partial charge in [-0.3, -0.25) is 0 Å². The molecule has 0 N–H and O–H groups in total. The van der Waals surface area contributed by atoms with Crippen molar-refractivity contribution >= 4 is 125 Å². The lowest BCUT2D eigenvalue weighted by molar-refractivity contribution is 0.667. The highest BCUT2D eigenvalue weighted by Crippen LogP contribution is 2.48. The third-order valence-corrected chi connectivity index (χ3v) is 22.1. The molecule has 0 unspecified atom stereocenters. The molecule has 13 aromatic rings. The SMILES string of the molecule is C[Si]1(C)c2cc3c(cc2-c2c1cc(-c1ccc4c(c1)oc1ccccc14)c1oc4ccccc4c21)[Si](C)(C)c1cc(-c2ccc4c(c2)oc2ccccc24)c2oc4ccccc4c2c1-3. The molecule has 15 rings (SSSR count). The average Bonchev–Trinajstić information content (AvgIpc) is 4.15. The maximum Gasteiger partial charge on any atom is 0.143 e. The maximum absolute atomic E-state index is 6.96. The lowest BCUT2D eigenvalue weighted by Gasteiger charge is -2.22. The van der Waals surface area contributed by atoms with Crippen LogP contribution in [-0.2, 0) is 0 Å². The fourth-order valence-corrected chi connectivity index (χ4v) is 18.0. The van der Waals surface area contributed by atoms with Crippen LogP contribution < -0.4 is 20.7 Å². The molecular formula is C58H38O4Si2. The highest BCUT2D eigenvalue weighted by molar-refractivity contribution is 7.06. The Balaban J connectivity index is 0.983. The van der Waals surface area contributed by atoms with Gasteiger partial charge >= 0.3 is 0 Å². The van der Waals surface area contributed by atoms with Crippen molar-refractivity contribution in [2.75, 3.05) is 0 Å². The molecule has 0 radical (unpaired) electrons. The number of benzene rings is 9. The summed E-state index contributed by atoms with van der Waals surface area (Å²) in [7, 11) is -4.61. The van der Waals surface area contributed by atoms with E-state index in [9.17, 15) is 0 Å². The Hall–Kier alpha value is -7.39. The zero-order valence-corrected chi connectivity index (χ0v) is 37.6. The molecule has 0 aliphatic carbocycles. The Labute approximate surface area is 369 Å². The summed E-state index contributed by atoms with van der Waals surface area (Å²) in [5, 5.41) is 15.2. The highest BCUT2D eigenvalue weighted by Gasteiger charge is 2.46. The first-order chi connectivity index (χ1) is 31.2. The third kappa shape index (κ3) is 4.32. The van der Waals surface area contributed by atoms with E-state index < -0.39 is 16.1 Å². The van der Waals surface area contributed by atoms with Gasteiger partial charge in [0.25, 0.3) is 0 Å². The van der Waals surface area contributed by atoms with E-state index >= 15 is 0 Å². The quantitative estimate of drug-likeness (QED) is 0.163. The largest absolute Gasteiger partial charge is 0.456 e. The van der Waals surface area contributed by atoms with Crippen molar-refractivity contribution < 1.29 is 17.7 Å². The molecule has 4 nitrogen and oxygen atoms in total. The van der Waals surface area contributed by atoms with E-state index in [1.165, 1.54) is 53.8 Å². The number of hydrogen-bond donors (Lipinski definition) is 0. The molecule has 6 heterocycles. The van der Waals surface area contributed by atoms with Gasteiger partial charge in [0.1, 0.15) is 60.8 Å². The Bertz CT molecular complexity index is 3990. The summed E-state index contributed by atoms with van der Waals surface area (Å²) in [5.74, 6) is 0. The molecule has 0 saturated heterocycles. The van der Waals surface area contributed by atoms with Crippen LogP contribution in [0.25, 0.3) is 132 Å². The molecule has 9 aromatic carbocycles. The van der Waals surface area contributed by atoms with Crippen molar-refractivity contribution in [2.24, 2.45) is 0 Å². The van der Waals surface area contributed by atoms with Gasteiger partial charge in [0.05, 0.1) is 0 Å². The summed E-state index contributed by atoms with van der Waals surface area (Å²) >= 11 is 0. The fourth-order valence-electron chi connectivity index (χ4n) is 11.9. The Morgan fingerprint density at radius 3 is 1.06 bits per heavy atom. The molecule has 0 bridgehead atoms. The Morgan fingerprint density at radius 1 is 0.297 bits per heavy atom. The molecule has 0 spiro atoms. The smallest absolute Gasteiger partial charge is 0.143 e. The van der Waals surface area contributed by atoms with E-state index in [1.807, 2.05) is 12.1 Å². The Kier molecular flexibility index (Phi) is 6.47. The summed E-state index contributed by atoms with van der Waals surface area (Å²) in [4.78, 5) is 0. The molecule has 0 fully saturated rings. The van der Waals surface area contributed by atoms with Crippen LogP contribution in [-0.4, -0.2) is 16.1 Å². The van der Waals surface area contributed by atoms with Gasteiger partial charge in [0.15, 0.2) is 0 Å². The van der Waals surface area contributed by atoms with Gasteiger partial charge in [-0.25, -0.2) is 0 Å². The normalized spacial score (nSPS) is 14.8. The first kappa shape index (κ1) is 35.1. The predicted octanol–water partition coefficient (Wildman–Crippen LogP) is 14.2. The van der Waals surface area contributed by atoms with Gasteiger partial charge in [-0.05, 0) is 103 Å². The van der Waals surface area contributed by atoms with E-state index in [4.69, 9.17) is 17.7 Å². The number of para-hydroxylation sites is 4. The summed E-state index contributed by atoms with van der Waals surface area (Å²) in [6.07, 6.45) is 0. The minimum absolute atomic E-state index is 0.891. The van der Waals surface area contributed by atoms with E-state index in [2.05, 4.69) is 172 Å². The molecule has 4 aromatic heterocycles. The van der Waals surface area contributed by atoms with Gasteiger partial charge in [0.2, 0.25) is 0 Å². The van der Waals surface area contributed by atoms with Crippen molar-refractivity contribution in [1.82, 2.24) is 0 Å². The minimum atomic E-state index is -2.31. The second-order valence-corrected chi connectivity index (χ2v) is 27.8. The minimum Gasteiger partial charge on any atom is -0.456 e. The van der Waals surface area contributed by atoms with Crippen LogP contribution in [0.15, 0.2) is 175 Å².